The second-order valence-electron chi connectivity index (χ2n) is 8.25. The molecule has 0 radical (unpaired) electrons. The van der Waals surface area contributed by atoms with Crippen LogP contribution in [0, 0.1) is 12.8 Å². The number of carbonyl (C=O) groups excluding carboxylic acids is 1. The van der Waals surface area contributed by atoms with Crippen molar-refractivity contribution in [2.24, 2.45) is 5.92 Å². The van der Waals surface area contributed by atoms with Crippen LogP contribution in [0.15, 0.2) is 48.5 Å². The molecule has 1 unspecified atom stereocenters. The standard InChI is InChI=1S/C25H30N2O2/c1-18-8-7-14-26(17-18)15-13-22-19(2)27(25(28)20-9-5-4-6-10-20)24-12-11-21(29-3)16-23(22)24/h4-6,9-12,16,18H,7-8,13-15,17H2,1-3H3. The van der Waals surface area contributed by atoms with Gasteiger partial charge in [-0.1, -0.05) is 25.1 Å². The lowest BCUT2D eigenvalue weighted by Crippen LogP contribution is -2.35. The Hall–Kier alpha value is -2.59. The summed E-state index contributed by atoms with van der Waals surface area (Å²) in [4.78, 5) is 15.9. The van der Waals surface area contributed by atoms with E-state index in [9.17, 15) is 4.79 Å². The first kappa shape index (κ1) is 19.7. The molecule has 0 bridgehead atoms. The second kappa shape index (κ2) is 8.42. The van der Waals surface area contributed by atoms with Gasteiger partial charge >= 0.3 is 0 Å². The van der Waals surface area contributed by atoms with Gasteiger partial charge in [0, 0.05) is 29.7 Å². The van der Waals surface area contributed by atoms with Crippen molar-refractivity contribution in [2.45, 2.75) is 33.1 Å². The van der Waals surface area contributed by atoms with Crippen LogP contribution in [0.4, 0.5) is 0 Å². The number of ether oxygens (including phenoxy) is 1. The number of hydrogen-bond donors (Lipinski definition) is 0. The lowest BCUT2D eigenvalue weighted by atomic mass is 9.99. The number of aromatic nitrogens is 1. The van der Waals surface area contributed by atoms with Gasteiger partial charge in [-0.05, 0) is 74.5 Å². The minimum atomic E-state index is 0.0242. The molecular formula is C25H30N2O2. The zero-order chi connectivity index (χ0) is 20.4. The second-order valence-corrected chi connectivity index (χ2v) is 8.25. The van der Waals surface area contributed by atoms with Gasteiger partial charge in [0.05, 0.1) is 12.6 Å². The van der Waals surface area contributed by atoms with E-state index in [-0.39, 0.29) is 5.91 Å². The molecule has 3 aromatic rings. The Morgan fingerprint density at radius 1 is 1.17 bits per heavy atom. The number of likely N-dealkylation sites (tertiary alicyclic amines) is 1. The summed E-state index contributed by atoms with van der Waals surface area (Å²) in [6.45, 7) is 7.79. The molecule has 4 heteroatoms. The fourth-order valence-corrected chi connectivity index (χ4v) is 4.64. The van der Waals surface area contributed by atoms with Crippen LogP contribution < -0.4 is 4.74 Å². The van der Waals surface area contributed by atoms with Gasteiger partial charge in [0.2, 0.25) is 0 Å². The van der Waals surface area contributed by atoms with E-state index in [4.69, 9.17) is 4.74 Å². The largest absolute Gasteiger partial charge is 0.497 e. The number of nitrogens with zero attached hydrogens (tertiary/aromatic N) is 2. The van der Waals surface area contributed by atoms with Gasteiger partial charge in [0.15, 0.2) is 0 Å². The summed E-state index contributed by atoms with van der Waals surface area (Å²) in [7, 11) is 1.69. The van der Waals surface area contributed by atoms with Crippen LogP contribution in [0.2, 0.25) is 0 Å². The van der Waals surface area contributed by atoms with E-state index in [2.05, 4.69) is 24.8 Å². The van der Waals surface area contributed by atoms with E-state index in [1.54, 1.807) is 7.11 Å². The van der Waals surface area contributed by atoms with Crippen molar-refractivity contribution >= 4 is 16.8 Å². The third-order valence-electron chi connectivity index (χ3n) is 6.18. The Bertz CT molecular complexity index is 1010. The SMILES string of the molecule is COc1ccc2c(c1)c(CCN1CCCC(C)C1)c(C)n2C(=O)c1ccccc1. The number of methoxy groups -OCH3 is 1. The Kier molecular flexibility index (Phi) is 5.72. The van der Waals surface area contributed by atoms with E-state index >= 15 is 0 Å². The van der Waals surface area contributed by atoms with Crippen LogP contribution in [0.5, 0.6) is 5.75 Å². The van der Waals surface area contributed by atoms with Gasteiger partial charge in [0.1, 0.15) is 5.75 Å². The predicted molar refractivity (Wildman–Crippen MR) is 118 cm³/mol. The van der Waals surface area contributed by atoms with Crippen molar-refractivity contribution in [1.82, 2.24) is 9.47 Å². The Labute approximate surface area is 173 Å². The molecule has 1 aliphatic rings. The zero-order valence-electron chi connectivity index (χ0n) is 17.6. The molecule has 0 saturated carbocycles. The molecule has 0 amide bonds. The van der Waals surface area contributed by atoms with Gasteiger partial charge in [-0.3, -0.25) is 9.36 Å². The molecule has 29 heavy (non-hydrogen) atoms. The summed E-state index contributed by atoms with van der Waals surface area (Å²) in [5, 5.41) is 1.12. The molecule has 1 aliphatic heterocycles. The third-order valence-corrected chi connectivity index (χ3v) is 6.18. The average Bonchev–Trinajstić information content (AvgIpc) is 3.02. The summed E-state index contributed by atoms with van der Waals surface area (Å²) in [6, 6.07) is 15.5. The summed E-state index contributed by atoms with van der Waals surface area (Å²) in [6.07, 6.45) is 3.55. The number of carbonyl (C=O) groups is 1. The summed E-state index contributed by atoms with van der Waals surface area (Å²) >= 11 is 0. The molecule has 152 valence electrons. The van der Waals surface area contributed by atoms with Crippen molar-refractivity contribution in [3.63, 3.8) is 0 Å². The fraction of sp³-hybridized carbons (Fsp3) is 0.400. The molecular weight excluding hydrogens is 360 g/mol. The average molecular weight is 391 g/mol. The van der Waals surface area contributed by atoms with Gasteiger partial charge in [-0.15, -0.1) is 0 Å². The normalized spacial score (nSPS) is 17.6. The van der Waals surface area contributed by atoms with Crippen LogP contribution in [0.25, 0.3) is 10.9 Å². The van der Waals surface area contributed by atoms with Gasteiger partial charge in [0.25, 0.3) is 5.91 Å². The minimum absolute atomic E-state index is 0.0242. The highest BCUT2D eigenvalue weighted by molar-refractivity contribution is 6.04. The van der Waals surface area contributed by atoms with E-state index < -0.39 is 0 Å². The Balaban J connectivity index is 1.72. The molecule has 4 nitrogen and oxygen atoms in total. The van der Waals surface area contributed by atoms with E-state index in [1.165, 1.54) is 31.5 Å². The Morgan fingerprint density at radius 2 is 1.97 bits per heavy atom. The van der Waals surface area contributed by atoms with Gasteiger partial charge < -0.3 is 9.64 Å². The maximum Gasteiger partial charge on any atom is 0.262 e. The van der Waals surface area contributed by atoms with Crippen molar-refractivity contribution in [3.05, 3.63) is 65.4 Å². The molecule has 1 atom stereocenters. The van der Waals surface area contributed by atoms with Crippen LogP contribution in [0.1, 0.15) is 41.4 Å². The van der Waals surface area contributed by atoms with E-state index in [0.29, 0.717) is 5.56 Å². The van der Waals surface area contributed by atoms with Crippen molar-refractivity contribution in [3.8, 4) is 5.75 Å². The molecule has 0 spiro atoms. The third kappa shape index (κ3) is 3.95. The summed E-state index contributed by atoms with van der Waals surface area (Å²) in [5.74, 6) is 1.62. The molecule has 0 N–H and O–H groups in total. The number of hydrogen-bond acceptors (Lipinski definition) is 3. The van der Waals surface area contributed by atoms with E-state index in [0.717, 1.165) is 41.2 Å². The molecule has 1 saturated heterocycles. The van der Waals surface area contributed by atoms with Crippen molar-refractivity contribution in [2.75, 3.05) is 26.7 Å². The fourth-order valence-electron chi connectivity index (χ4n) is 4.64. The molecule has 2 aromatic carbocycles. The lowest BCUT2D eigenvalue weighted by Gasteiger charge is -2.30. The minimum Gasteiger partial charge on any atom is -0.497 e. The maximum atomic E-state index is 13.3. The van der Waals surface area contributed by atoms with Crippen LogP contribution in [-0.2, 0) is 6.42 Å². The number of benzene rings is 2. The quantitative estimate of drug-likeness (QED) is 0.620. The first-order chi connectivity index (χ1) is 14.1. The van der Waals surface area contributed by atoms with Gasteiger partial charge in [-0.25, -0.2) is 0 Å². The van der Waals surface area contributed by atoms with Crippen LogP contribution >= 0.6 is 0 Å². The van der Waals surface area contributed by atoms with Gasteiger partial charge in [-0.2, -0.15) is 0 Å². The lowest BCUT2D eigenvalue weighted by molar-refractivity contribution is 0.0963. The number of rotatable bonds is 5. The number of fused-ring (bicyclic) bond motifs is 1. The first-order valence-corrected chi connectivity index (χ1v) is 10.6. The van der Waals surface area contributed by atoms with Crippen molar-refractivity contribution < 1.29 is 9.53 Å². The first-order valence-electron chi connectivity index (χ1n) is 10.6. The highest BCUT2D eigenvalue weighted by Crippen LogP contribution is 2.31. The monoisotopic (exact) mass is 390 g/mol. The topological polar surface area (TPSA) is 34.5 Å². The number of piperidine rings is 1. The summed E-state index contributed by atoms with van der Waals surface area (Å²) in [5.41, 5.74) is 3.95. The van der Waals surface area contributed by atoms with E-state index in [1.807, 2.05) is 47.0 Å². The van der Waals surface area contributed by atoms with Crippen LogP contribution in [0.3, 0.4) is 0 Å². The van der Waals surface area contributed by atoms with Crippen LogP contribution in [-0.4, -0.2) is 42.1 Å². The summed E-state index contributed by atoms with van der Waals surface area (Å²) < 4.78 is 7.35. The highest BCUT2D eigenvalue weighted by atomic mass is 16.5. The molecule has 0 aliphatic carbocycles. The molecule has 1 fully saturated rings. The zero-order valence-corrected chi connectivity index (χ0v) is 17.6. The van der Waals surface area contributed by atoms with Crippen molar-refractivity contribution in [1.29, 1.82) is 0 Å². The molecule has 2 heterocycles. The maximum absolute atomic E-state index is 13.3. The molecule has 1 aromatic heterocycles. The molecule has 4 rings (SSSR count). The highest BCUT2D eigenvalue weighted by Gasteiger charge is 2.22. The predicted octanol–water partition coefficient (Wildman–Crippen LogP) is 4.92. The smallest absolute Gasteiger partial charge is 0.262 e. The Morgan fingerprint density at radius 3 is 2.69 bits per heavy atom.